The topological polar surface area (TPSA) is 48.0 Å². The van der Waals surface area contributed by atoms with Crippen molar-refractivity contribution in [2.75, 3.05) is 20.7 Å². The molecule has 1 spiro atoms. The number of ether oxygens (including phenoxy) is 3. The van der Waals surface area contributed by atoms with Gasteiger partial charge >= 0.3 is 5.97 Å². The molecule has 146 valence electrons. The van der Waals surface area contributed by atoms with Gasteiger partial charge in [-0.15, -0.1) is 11.3 Å². The molecule has 0 unspecified atom stereocenters. The first-order chi connectivity index (χ1) is 13.6. The lowest BCUT2D eigenvalue weighted by atomic mass is 9.69. The van der Waals surface area contributed by atoms with Crippen molar-refractivity contribution in [1.82, 2.24) is 4.90 Å². The highest BCUT2D eigenvalue weighted by Crippen LogP contribution is 2.55. The molecule has 0 N–H and O–H groups in total. The van der Waals surface area contributed by atoms with E-state index in [0.717, 1.165) is 31.0 Å². The molecule has 5 rings (SSSR count). The minimum atomic E-state index is -0.282. The number of hydrogen-bond donors (Lipinski definition) is 0. The Bertz CT molecular complexity index is 938. The number of nitrogens with zero attached hydrogens (tertiary/aromatic N) is 1. The second-order valence-electron chi connectivity index (χ2n) is 7.78. The first kappa shape index (κ1) is 17.8. The van der Waals surface area contributed by atoms with Gasteiger partial charge in [-0.05, 0) is 49.2 Å². The molecule has 5 nitrogen and oxygen atoms in total. The number of thiophene rings is 1. The molecule has 0 fully saturated rings. The molecule has 28 heavy (non-hydrogen) atoms. The maximum Gasteiger partial charge on any atom is 0.348 e. The molecule has 2 aromatic rings. The summed E-state index contributed by atoms with van der Waals surface area (Å²) in [6, 6.07) is 7.81. The number of carbonyl (C=O) groups is 1. The number of esters is 1. The zero-order valence-corrected chi connectivity index (χ0v) is 16.8. The maximum absolute atomic E-state index is 12.4. The maximum atomic E-state index is 12.4. The van der Waals surface area contributed by atoms with E-state index in [4.69, 9.17) is 14.2 Å². The van der Waals surface area contributed by atoms with Crippen LogP contribution in [0.4, 0.5) is 0 Å². The number of carbonyl (C=O) groups excluding carboxylic acids is 1. The lowest BCUT2D eigenvalue weighted by Crippen LogP contribution is -2.43. The van der Waals surface area contributed by atoms with Crippen LogP contribution in [0.1, 0.15) is 33.6 Å². The molecule has 1 aliphatic carbocycles. The molecule has 3 aliphatic rings. The van der Waals surface area contributed by atoms with E-state index in [-0.39, 0.29) is 23.6 Å². The van der Waals surface area contributed by atoms with Crippen molar-refractivity contribution in [3.05, 3.63) is 57.8 Å². The first-order valence-electron chi connectivity index (χ1n) is 9.60. The highest BCUT2D eigenvalue weighted by molar-refractivity contribution is 7.11. The van der Waals surface area contributed by atoms with E-state index < -0.39 is 0 Å². The van der Waals surface area contributed by atoms with Gasteiger partial charge in [-0.3, -0.25) is 0 Å². The van der Waals surface area contributed by atoms with Crippen LogP contribution in [0.15, 0.2) is 41.8 Å². The number of hydrogen-bond acceptors (Lipinski definition) is 6. The molecule has 0 radical (unpaired) electrons. The molecule has 0 bridgehead atoms. The molecule has 0 saturated heterocycles. The molecule has 6 heteroatoms. The SMILES string of the molecule is COc1ccc2c3c1O[C@H]1C[C@@H](OC(=O)c4cccs4)C=C[C@@]31CCN(C)C2. The normalized spacial score (nSPS) is 28.1. The van der Waals surface area contributed by atoms with Crippen molar-refractivity contribution in [2.45, 2.75) is 37.0 Å². The largest absolute Gasteiger partial charge is 0.493 e. The van der Waals surface area contributed by atoms with Gasteiger partial charge in [0, 0.05) is 18.5 Å². The summed E-state index contributed by atoms with van der Waals surface area (Å²) in [6.45, 7) is 1.88. The third-order valence-corrected chi connectivity index (χ3v) is 6.96. The average Bonchev–Trinajstić information content (AvgIpc) is 3.30. The van der Waals surface area contributed by atoms with Gasteiger partial charge < -0.3 is 19.1 Å². The zero-order valence-electron chi connectivity index (χ0n) is 16.0. The van der Waals surface area contributed by atoms with Crippen molar-refractivity contribution in [2.24, 2.45) is 0 Å². The summed E-state index contributed by atoms with van der Waals surface area (Å²) in [5.41, 5.74) is 2.35. The minimum absolute atomic E-state index is 0.0600. The smallest absolute Gasteiger partial charge is 0.348 e. The van der Waals surface area contributed by atoms with E-state index in [1.165, 1.54) is 22.5 Å². The van der Waals surface area contributed by atoms with Crippen LogP contribution in [0.3, 0.4) is 0 Å². The van der Waals surface area contributed by atoms with Gasteiger partial charge in [-0.2, -0.15) is 0 Å². The van der Waals surface area contributed by atoms with Crippen LogP contribution in [0, 0.1) is 0 Å². The Balaban J connectivity index is 1.50. The van der Waals surface area contributed by atoms with Crippen LogP contribution in [0.25, 0.3) is 0 Å². The molecule has 3 heterocycles. The Morgan fingerprint density at radius 2 is 2.25 bits per heavy atom. The average molecular weight is 397 g/mol. The summed E-state index contributed by atoms with van der Waals surface area (Å²) in [5.74, 6) is 1.36. The van der Waals surface area contributed by atoms with Crippen LogP contribution in [0.5, 0.6) is 11.5 Å². The van der Waals surface area contributed by atoms with E-state index in [1.54, 1.807) is 13.2 Å². The fourth-order valence-electron chi connectivity index (χ4n) is 4.74. The highest BCUT2D eigenvalue weighted by Gasteiger charge is 2.53. The summed E-state index contributed by atoms with van der Waals surface area (Å²) in [5, 5.41) is 1.88. The molecule has 2 aliphatic heterocycles. The zero-order chi connectivity index (χ0) is 19.3. The molecule has 0 amide bonds. The Labute approximate surface area is 168 Å². The van der Waals surface area contributed by atoms with Gasteiger partial charge in [0.15, 0.2) is 11.5 Å². The van der Waals surface area contributed by atoms with E-state index in [1.807, 2.05) is 17.5 Å². The minimum Gasteiger partial charge on any atom is -0.493 e. The van der Waals surface area contributed by atoms with Gasteiger partial charge in [-0.1, -0.05) is 18.2 Å². The van der Waals surface area contributed by atoms with Crippen LogP contribution in [-0.2, 0) is 16.7 Å². The third-order valence-electron chi connectivity index (χ3n) is 6.11. The third kappa shape index (κ3) is 2.66. The summed E-state index contributed by atoms with van der Waals surface area (Å²) in [4.78, 5) is 15.4. The Hall–Kier alpha value is -2.31. The summed E-state index contributed by atoms with van der Waals surface area (Å²) >= 11 is 1.40. The van der Waals surface area contributed by atoms with Gasteiger partial charge in [0.2, 0.25) is 0 Å². The van der Waals surface area contributed by atoms with E-state index in [2.05, 4.69) is 30.2 Å². The second-order valence-corrected chi connectivity index (χ2v) is 8.73. The Kier molecular flexibility index (Phi) is 4.21. The highest BCUT2D eigenvalue weighted by atomic mass is 32.1. The summed E-state index contributed by atoms with van der Waals surface area (Å²) in [7, 11) is 3.84. The predicted molar refractivity (Wildman–Crippen MR) is 107 cm³/mol. The second kappa shape index (κ2) is 6.64. The molecular formula is C22H23NO4S. The molecule has 1 aromatic heterocycles. The summed E-state index contributed by atoms with van der Waals surface area (Å²) in [6.07, 6.45) is 5.55. The molecule has 0 saturated carbocycles. The van der Waals surface area contributed by atoms with Crippen LogP contribution in [0.2, 0.25) is 0 Å². The van der Waals surface area contributed by atoms with Crippen molar-refractivity contribution in [3.63, 3.8) is 0 Å². The van der Waals surface area contributed by atoms with Crippen molar-refractivity contribution >= 4 is 17.3 Å². The van der Waals surface area contributed by atoms with E-state index >= 15 is 0 Å². The van der Waals surface area contributed by atoms with Gasteiger partial charge in [0.1, 0.15) is 17.1 Å². The van der Waals surface area contributed by atoms with Gasteiger partial charge in [0.25, 0.3) is 0 Å². The van der Waals surface area contributed by atoms with Crippen LogP contribution in [-0.4, -0.2) is 43.8 Å². The van der Waals surface area contributed by atoms with Crippen molar-refractivity contribution < 1.29 is 19.0 Å². The number of rotatable bonds is 3. The molecular weight excluding hydrogens is 374 g/mol. The fraction of sp³-hybridized carbons (Fsp3) is 0.409. The fourth-order valence-corrected chi connectivity index (χ4v) is 5.35. The van der Waals surface area contributed by atoms with E-state index in [9.17, 15) is 4.79 Å². The lowest BCUT2D eigenvalue weighted by Gasteiger charge is -2.36. The summed E-state index contributed by atoms with van der Waals surface area (Å²) < 4.78 is 17.8. The lowest BCUT2D eigenvalue weighted by molar-refractivity contribution is 0.0223. The Morgan fingerprint density at radius 1 is 1.36 bits per heavy atom. The number of benzene rings is 1. The Morgan fingerprint density at radius 3 is 3.04 bits per heavy atom. The standard InChI is InChI=1S/C22H23NO4S/c1-23-10-9-22-8-7-15(26-21(24)17-4-3-11-28-17)12-18(22)27-20-16(25-2)6-5-14(13-23)19(20)22/h3-8,11,15,18H,9-10,12-13H2,1-2H3/t15-,18-,22-/m0/s1. The quantitative estimate of drug-likeness (QED) is 0.583. The monoisotopic (exact) mass is 397 g/mol. The number of methoxy groups -OCH3 is 1. The van der Waals surface area contributed by atoms with Crippen molar-refractivity contribution in [1.29, 1.82) is 0 Å². The molecule has 1 aromatic carbocycles. The van der Waals surface area contributed by atoms with Crippen LogP contribution >= 0.6 is 11.3 Å². The van der Waals surface area contributed by atoms with Gasteiger partial charge in [-0.25, -0.2) is 4.79 Å². The van der Waals surface area contributed by atoms with E-state index in [0.29, 0.717) is 11.3 Å². The first-order valence-corrected chi connectivity index (χ1v) is 10.5. The van der Waals surface area contributed by atoms with Crippen LogP contribution < -0.4 is 9.47 Å². The predicted octanol–water partition coefficient (Wildman–Crippen LogP) is 3.78. The van der Waals surface area contributed by atoms with Crippen molar-refractivity contribution in [3.8, 4) is 11.5 Å². The van der Waals surface area contributed by atoms with Gasteiger partial charge in [0.05, 0.1) is 12.5 Å². The molecule has 3 atom stereocenters.